The SMILES string of the molecule is CCC(Br)c1cn(Cc2cc(F)ccc2F)nn1. The summed E-state index contributed by atoms with van der Waals surface area (Å²) in [5.74, 6) is -0.905. The normalized spacial score (nSPS) is 12.7. The molecule has 1 aromatic heterocycles. The van der Waals surface area contributed by atoms with Gasteiger partial charge in [-0.1, -0.05) is 28.1 Å². The number of nitrogens with zero attached hydrogens (tertiary/aromatic N) is 3. The van der Waals surface area contributed by atoms with Gasteiger partial charge in [0, 0.05) is 11.8 Å². The Bertz CT molecular complexity index is 542. The molecule has 1 unspecified atom stereocenters. The molecule has 6 heteroatoms. The first-order chi connectivity index (χ1) is 8.60. The average Bonchev–Trinajstić information content (AvgIpc) is 2.81. The van der Waals surface area contributed by atoms with Gasteiger partial charge in [-0.2, -0.15) is 0 Å². The van der Waals surface area contributed by atoms with E-state index in [0.717, 1.165) is 24.2 Å². The average molecular weight is 316 g/mol. The summed E-state index contributed by atoms with van der Waals surface area (Å²) in [7, 11) is 0. The van der Waals surface area contributed by atoms with Crippen molar-refractivity contribution in [1.29, 1.82) is 0 Å². The molecule has 1 aromatic carbocycles. The predicted octanol–water partition coefficient (Wildman–Crippen LogP) is 3.45. The first-order valence-corrected chi connectivity index (χ1v) is 6.49. The van der Waals surface area contributed by atoms with Crippen molar-refractivity contribution < 1.29 is 8.78 Å². The molecule has 0 aliphatic rings. The van der Waals surface area contributed by atoms with Crippen LogP contribution in [0.15, 0.2) is 24.4 Å². The smallest absolute Gasteiger partial charge is 0.128 e. The third kappa shape index (κ3) is 2.93. The zero-order valence-corrected chi connectivity index (χ0v) is 11.4. The molecule has 0 aliphatic carbocycles. The van der Waals surface area contributed by atoms with E-state index in [1.54, 1.807) is 6.20 Å². The van der Waals surface area contributed by atoms with Crippen LogP contribution in [0.3, 0.4) is 0 Å². The van der Waals surface area contributed by atoms with Crippen LogP contribution in [0.2, 0.25) is 0 Å². The molecular formula is C12H12BrF2N3. The molecule has 0 saturated carbocycles. The first kappa shape index (κ1) is 13.1. The van der Waals surface area contributed by atoms with Gasteiger partial charge in [-0.15, -0.1) is 5.10 Å². The van der Waals surface area contributed by atoms with Gasteiger partial charge in [0.25, 0.3) is 0 Å². The second kappa shape index (κ2) is 5.56. The molecule has 96 valence electrons. The Kier molecular flexibility index (Phi) is 4.06. The number of halogens is 3. The van der Waals surface area contributed by atoms with Crippen LogP contribution in [0.1, 0.15) is 29.4 Å². The minimum absolute atomic E-state index is 0.128. The predicted molar refractivity (Wildman–Crippen MR) is 67.4 cm³/mol. The molecule has 0 saturated heterocycles. The van der Waals surface area contributed by atoms with Gasteiger partial charge >= 0.3 is 0 Å². The van der Waals surface area contributed by atoms with Crippen LogP contribution in [0.5, 0.6) is 0 Å². The maximum absolute atomic E-state index is 13.4. The maximum atomic E-state index is 13.4. The van der Waals surface area contributed by atoms with Crippen molar-refractivity contribution in [2.45, 2.75) is 24.7 Å². The number of aromatic nitrogens is 3. The number of hydrogen-bond acceptors (Lipinski definition) is 2. The lowest BCUT2D eigenvalue weighted by Crippen LogP contribution is -2.03. The van der Waals surface area contributed by atoms with Crippen molar-refractivity contribution in [3.63, 3.8) is 0 Å². The van der Waals surface area contributed by atoms with Gasteiger partial charge in [0.05, 0.1) is 17.1 Å². The maximum Gasteiger partial charge on any atom is 0.128 e. The van der Waals surface area contributed by atoms with Crippen molar-refractivity contribution in [3.8, 4) is 0 Å². The lowest BCUT2D eigenvalue weighted by molar-refractivity contribution is 0.560. The highest BCUT2D eigenvalue weighted by Crippen LogP contribution is 2.23. The summed E-state index contributed by atoms with van der Waals surface area (Å²) in [4.78, 5) is 0.128. The summed E-state index contributed by atoms with van der Waals surface area (Å²) < 4.78 is 28.0. The highest BCUT2D eigenvalue weighted by atomic mass is 79.9. The van der Waals surface area contributed by atoms with Crippen LogP contribution in [0, 0.1) is 11.6 Å². The van der Waals surface area contributed by atoms with E-state index in [4.69, 9.17) is 0 Å². The molecular weight excluding hydrogens is 304 g/mol. The molecule has 1 heterocycles. The summed E-state index contributed by atoms with van der Waals surface area (Å²) in [5, 5.41) is 7.88. The van der Waals surface area contributed by atoms with Crippen LogP contribution in [-0.4, -0.2) is 15.0 Å². The summed E-state index contributed by atoms with van der Waals surface area (Å²) in [5.41, 5.74) is 1.04. The second-order valence-electron chi connectivity index (χ2n) is 3.95. The van der Waals surface area contributed by atoms with E-state index in [9.17, 15) is 8.78 Å². The Morgan fingerprint density at radius 2 is 2.17 bits per heavy atom. The quantitative estimate of drug-likeness (QED) is 0.809. The van der Waals surface area contributed by atoms with Gasteiger partial charge in [-0.25, -0.2) is 13.5 Å². The Labute approximate surface area is 112 Å². The van der Waals surface area contributed by atoms with E-state index in [-0.39, 0.29) is 16.9 Å². The molecule has 3 nitrogen and oxygen atoms in total. The van der Waals surface area contributed by atoms with E-state index < -0.39 is 11.6 Å². The molecule has 0 aliphatic heterocycles. The molecule has 0 spiro atoms. The molecule has 0 radical (unpaired) electrons. The summed E-state index contributed by atoms with van der Waals surface area (Å²) in [6, 6.07) is 3.38. The van der Waals surface area contributed by atoms with Gasteiger partial charge in [-0.3, -0.25) is 0 Å². The molecule has 0 N–H and O–H groups in total. The summed E-state index contributed by atoms with van der Waals surface area (Å²) in [6.07, 6.45) is 2.61. The van der Waals surface area contributed by atoms with Crippen molar-refractivity contribution in [2.75, 3.05) is 0 Å². The minimum Gasteiger partial charge on any atom is -0.248 e. The highest BCUT2D eigenvalue weighted by molar-refractivity contribution is 9.09. The Hall–Kier alpha value is -1.30. The Balaban J connectivity index is 2.18. The number of alkyl halides is 1. The van der Waals surface area contributed by atoms with Crippen molar-refractivity contribution in [1.82, 2.24) is 15.0 Å². The van der Waals surface area contributed by atoms with Crippen LogP contribution in [-0.2, 0) is 6.54 Å². The lowest BCUT2D eigenvalue weighted by Gasteiger charge is -2.03. The summed E-state index contributed by atoms with van der Waals surface area (Å²) in [6.45, 7) is 2.19. The third-order valence-electron chi connectivity index (χ3n) is 2.58. The third-order valence-corrected chi connectivity index (χ3v) is 3.69. The van der Waals surface area contributed by atoms with Gasteiger partial charge < -0.3 is 0 Å². The molecule has 0 bridgehead atoms. The van der Waals surface area contributed by atoms with Crippen LogP contribution in [0.25, 0.3) is 0 Å². The van der Waals surface area contributed by atoms with Crippen LogP contribution < -0.4 is 0 Å². The monoisotopic (exact) mass is 315 g/mol. The fourth-order valence-corrected chi connectivity index (χ4v) is 1.79. The van der Waals surface area contributed by atoms with Gasteiger partial charge in [0.2, 0.25) is 0 Å². The van der Waals surface area contributed by atoms with Crippen LogP contribution in [0.4, 0.5) is 8.78 Å². The second-order valence-corrected chi connectivity index (χ2v) is 5.06. The van der Waals surface area contributed by atoms with Crippen molar-refractivity contribution in [2.24, 2.45) is 0 Å². The van der Waals surface area contributed by atoms with Gasteiger partial charge in [0.15, 0.2) is 0 Å². The van der Waals surface area contributed by atoms with E-state index in [1.807, 2.05) is 6.92 Å². The molecule has 0 fully saturated rings. The Morgan fingerprint density at radius 1 is 1.39 bits per heavy atom. The standard InChI is InChI=1S/C12H12BrF2N3/c1-2-10(13)12-7-18(17-16-12)6-8-5-9(14)3-4-11(8)15/h3-5,7,10H,2,6H2,1H3. The lowest BCUT2D eigenvalue weighted by atomic mass is 10.2. The molecule has 0 amide bonds. The molecule has 2 aromatic rings. The number of hydrogen-bond donors (Lipinski definition) is 0. The van der Waals surface area contributed by atoms with Crippen molar-refractivity contribution >= 4 is 15.9 Å². The molecule has 18 heavy (non-hydrogen) atoms. The molecule has 1 atom stereocenters. The zero-order valence-electron chi connectivity index (χ0n) is 9.78. The summed E-state index contributed by atoms with van der Waals surface area (Å²) >= 11 is 3.46. The van der Waals surface area contributed by atoms with Crippen molar-refractivity contribution in [3.05, 3.63) is 47.3 Å². The number of benzene rings is 1. The van der Waals surface area contributed by atoms with Crippen LogP contribution >= 0.6 is 15.9 Å². The van der Waals surface area contributed by atoms with Gasteiger partial charge in [-0.05, 0) is 24.6 Å². The van der Waals surface area contributed by atoms with E-state index >= 15 is 0 Å². The Morgan fingerprint density at radius 3 is 2.89 bits per heavy atom. The zero-order chi connectivity index (χ0) is 13.1. The molecule has 2 rings (SSSR count). The number of rotatable bonds is 4. The fourth-order valence-electron chi connectivity index (χ4n) is 1.58. The highest BCUT2D eigenvalue weighted by Gasteiger charge is 2.11. The minimum atomic E-state index is -0.460. The topological polar surface area (TPSA) is 30.7 Å². The van der Waals surface area contributed by atoms with E-state index in [2.05, 4.69) is 26.2 Å². The van der Waals surface area contributed by atoms with Gasteiger partial charge in [0.1, 0.15) is 11.6 Å². The fraction of sp³-hybridized carbons (Fsp3) is 0.333. The van der Waals surface area contributed by atoms with E-state index in [0.29, 0.717) is 0 Å². The largest absolute Gasteiger partial charge is 0.248 e. The van der Waals surface area contributed by atoms with E-state index in [1.165, 1.54) is 10.7 Å². The first-order valence-electron chi connectivity index (χ1n) is 5.58.